The van der Waals surface area contributed by atoms with Crippen LogP contribution in [-0.4, -0.2) is 23.6 Å². The van der Waals surface area contributed by atoms with Gasteiger partial charge in [-0.2, -0.15) is 0 Å². The fourth-order valence-corrected chi connectivity index (χ4v) is 2.22. The van der Waals surface area contributed by atoms with Crippen LogP contribution in [0.1, 0.15) is 6.42 Å². The first-order valence-corrected chi connectivity index (χ1v) is 5.84. The predicted molar refractivity (Wildman–Crippen MR) is 56.2 cm³/mol. The first-order chi connectivity index (χ1) is 6.74. The molecule has 1 rings (SSSR count). The normalized spacial score (nSPS) is 12.7. The zero-order valence-electron chi connectivity index (χ0n) is 8.13. The van der Waals surface area contributed by atoms with Crippen molar-refractivity contribution in [1.82, 2.24) is 5.32 Å². The van der Waals surface area contributed by atoms with Gasteiger partial charge in [0.05, 0.1) is 10.8 Å². The van der Waals surface area contributed by atoms with Gasteiger partial charge in [0.1, 0.15) is 5.82 Å². The zero-order valence-corrected chi connectivity index (χ0v) is 8.94. The number of hydrogen-bond donors (Lipinski definition) is 1. The molecule has 0 aliphatic heterocycles. The molecule has 1 N–H and O–H groups in total. The summed E-state index contributed by atoms with van der Waals surface area (Å²) in [6.45, 7) is 0.834. The summed E-state index contributed by atoms with van der Waals surface area (Å²) in [4.78, 5) is 0.570. The summed E-state index contributed by atoms with van der Waals surface area (Å²) in [5.41, 5.74) is 0. The van der Waals surface area contributed by atoms with Gasteiger partial charge in [-0.05, 0) is 38.2 Å². The minimum absolute atomic E-state index is 0.329. The average Bonchev–Trinajstić information content (AvgIpc) is 2.18. The van der Waals surface area contributed by atoms with Crippen LogP contribution in [0.2, 0.25) is 0 Å². The third kappa shape index (κ3) is 3.55. The SMILES string of the molecule is CNCCCS(=O)c1cccc(F)c1. The molecule has 0 bridgehead atoms. The number of benzene rings is 1. The summed E-state index contributed by atoms with van der Waals surface area (Å²) in [6.07, 6.45) is 0.833. The highest BCUT2D eigenvalue weighted by atomic mass is 32.2. The summed E-state index contributed by atoms with van der Waals surface area (Å²) in [5, 5.41) is 2.98. The van der Waals surface area contributed by atoms with E-state index in [9.17, 15) is 8.60 Å². The maximum atomic E-state index is 12.8. The second-order valence-corrected chi connectivity index (χ2v) is 4.53. The van der Waals surface area contributed by atoms with Gasteiger partial charge >= 0.3 is 0 Å². The van der Waals surface area contributed by atoms with Gasteiger partial charge in [0.25, 0.3) is 0 Å². The topological polar surface area (TPSA) is 29.1 Å². The maximum absolute atomic E-state index is 12.8. The third-order valence-electron chi connectivity index (χ3n) is 1.82. The maximum Gasteiger partial charge on any atom is 0.124 e. The molecule has 1 aromatic carbocycles. The largest absolute Gasteiger partial charge is 0.320 e. The van der Waals surface area contributed by atoms with Crippen molar-refractivity contribution in [3.63, 3.8) is 0 Å². The Kier molecular flexibility index (Phi) is 4.76. The quantitative estimate of drug-likeness (QED) is 0.755. The Balaban J connectivity index is 2.52. The van der Waals surface area contributed by atoms with E-state index in [1.165, 1.54) is 12.1 Å². The summed E-state index contributed by atoms with van der Waals surface area (Å²) in [5.74, 6) is 0.245. The highest BCUT2D eigenvalue weighted by molar-refractivity contribution is 7.85. The van der Waals surface area contributed by atoms with Crippen LogP contribution in [0.25, 0.3) is 0 Å². The van der Waals surface area contributed by atoms with Crippen LogP contribution in [-0.2, 0) is 10.8 Å². The second-order valence-electron chi connectivity index (χ2n) is 2.96. The summed E-state index contributed by atoms with van der Waals surface area (Å²) >= 11 is 0. The van der Waals surface area contributed by atoms with E-state index < -0.39 is 10.8 Å². The van der Waals surface area contributed by atoms with Crippen LogP contribution in [0.3, 0.4) is 0 Å². The van der Waals surface area contributed by atoms with E-state index in [1.807, 2.05) is 7.05 Å². The molecule has 0 saturated heterocycles. The lowest BCUT2D eigenvalue weighted by molar-refractivity contribution is 0.622. The molecule has 2 nitrogen and oxygen atoms in total. The van der Waals surface area contributed by atoms with E-state index >= 15 is 0 Å². The number of hydrogen-bond acceptors (Lipinski definition) is 2. The number of nitrogens with one attached hydrogen (secondary N) is 1. The van der Waals surface area contributed by atoms with Crippen molar-refractivity contribution in [2.45, 2.75) is 11.3 Å². The molecule has 1 atom stereocenters. The monoisotopic (exact) mass is 215 g/mol. The molecule has 0 fully saturated rings. The van der Waals surface area contributed by atoms with Gasteiger partial charge in [0, 0.05) is 10.6 Å². The number of halogens is 1. The molecule has 14 heavy (non-hydrogen) atoms. The zero-order chi connectivity index (χ0) is 10.4. The molecule has 78 valence electrons. The molecule has 0 spiro atoms. The van der Waals surface area contributed by atoms with Crippen molar-refractivity contribution in [2.75, 3.05) is 19.3 Å². The molecule has 0 radical (unpaired) electrons. The lowest BCUT2D eigenvalue weighted by Crippen LogP contribution is -2.11. The summed E-state index contributed by atoms with van der Waals surface area (Å²) in [6, 6.07) is 5.96. The van der Waals surface area contributed by atoms with Gasteiger partial charge in [-0.1, -0.05) is 6.07 Å². The van der Waals surface area contributed by atoms with Crippen molar-refractivity contribution in [3.05, 3.63) is 30.1 Å². The van der Waals surface area contributed by atoms with E-state index in [0.29, 0.717) is 10.6 Å². The predicted octanol–water partition coefficient (Wildman–Crippen LogP) is 1.54. The van der Waals surface area contributed by atoms with Crippen molar-refractivity contribution >= 4 is 10.8 Å². The van der Waals surface area contributed by atoms with Gasteiger partial charge in [0.15, 0.2) is 0 Å². The summed E-state index contributed by atoms with van der Waals surface area (Å²) in [7, 11) is 0.777. The van der Waals surface area contributed by atoms with Crippen molar-refractivity contribution in [2.24, 2.45) is 0 Å². The van der Waals surface area contributed by atoms with Gasteiger partial charge < -0.3 is 5.32 Å². The average molecular weight is 215 g/mol. The lowest BCUT2D eigenvalue weighted by atomic mass is 10.4. The van der Waals surface area contributed by atoms with Crippen LogP contribution in [0.4, 0.5) is 4.39 Å². The van der Waals surface area contributed by atoms with E-state index in [1.54, 1.807) is 12.1 Å². The molecule has 0 aliphatic rings. The van der Waals surface area contributed by atoms with Gasteiger partial charge in [-0.25, -0.2) is 4.39 Å². The first-order valence-electron chi connectivity index (χ1n) is 4.52. The fourth-order valence-electron chi connectivity index (χ4n) is 1.11. The van der Waals surface area contributed by atoms with Crippen molar-refractivity contribution in [3.8, 4) is 0 Å². The third-order valence-corrected chi connectivity index (χ3v) is 3.25. The molecule has 1 unspecified atom stereocenters. The van der Waals surface area contributed by atoms with Crippen LogP contribution in [0.5, 0.6) is 0 Å². The smallest absolute Gasteiger partial charge is 0.124 e. The lowest BCUT2D eigenvalue weighted by Gasteiger charge is -2.01. The van der Waals surface area contributed by atoms with E-state index in [-0.39, 0.29) is 5.82 Å². The molecule has 0 amide bonds. The van der Waals surface area contributed by atoms with Gasteiger partial charge in [-0.15, -0.1) is 0 Å². The Hall–Kier alpha value is -0.740. The number of rotatable bonds is 5. The Labute approximate surface area is 86.0 Å². The molecule has 0 saturated carbocycles. The van der Waals surface area contributed by atoms with Crippen LogP contribution in [0, 0.1) is 5.82 Å². The Morgan fingerprint density at radius 2 is 2.29 bits per heavy atom. The minimum Gasteiger partial charge on any atom is -0.320 e. The van der Waals surface area contributed by atoms with Crippen LogP contribution >= 0.6 is 0 Å². The van der Waals surface area contributed by atoms with Crippen molar-refractivity contribution < 1.29 is 8.60 Å². The van der Waals surface area contributed by atoms with Gasteiger partial charge in [-0.3, -0.25) is 4.21 Å². The first kappa shape index (κ1) is 11.3. The molecular formula is C10H14FNOS. The molecule has 0 heterocycles. The van der Waals surface area contributed by atoms with Crippen LogP contribution < -0.4 is 5.32 Å². The molecule has 1 aromatic rings. The highest BCUT2D eigenvalue weighted by Crippen LogP contribution is 2.09. The van der Waals surface area contributed by atoms with Crippen LogP contribution in [0.15, 0.2) is 29.2 Å². The van der Waals surface area contributed by atoms with Gasteiger partial charge in [0.2, 0.25) is 0 Å². The Morgan fingerprint density at radius 3 is 2.93 bits per heavy atom. The molecule has 0 aliphatic carbocycles. The van der Waals surface area contributed by atoms with E-state index in [2.05, 4.69) is 5.32 Å². The van der Waals surface area contributed by atoms with E-state index in [4.69, 9.17) is 0 Å². The van der Waals surface area contributed by atoms with Crippen molar-refractivity contribution in [1.29, 1.82) is 0 Å². The summed E-state index contributed by atoms with van der Waals surface area (Å²) < 4.78 is 24.4. The molecule has 4 heteroatoms. The second kappa shape index (κ2) is 5.88. The molecule has 0 aromatic heterocycles. The van der Waals surface area contributed by atoms with E-state index in [0.717, 1.165) is 13.0 Å². The minimum atomic E-state index is -1.08. The molecular weight excluding hydrogens is 201 g/mol. The standard InChI is InChI=1S/C10H14FNOS/c1-12-6-3-7-14(13)10-5-2-4-9(11)8-10/h2,4-5,8,12H,3,6-7H2,1H3. The highest BCUT2D eigenvalue weighted by Gasteiger charge is 2.03. The Bertz CT molecular complexity index is 317. The Morgan fingerprint density at radius 1 is 1.50 bits per heavy atom. The fraction of sp³-hybridized carbons (Fsp3) is 0.400.